The van der Waals surface area contributed by atoms with E-state index >= 15 is 0 Å². The van der Waals surface area contributed by atoms with E-state index in [0.29, 0.717) is 0 Å². The highest BCUT2D eigenvalue weighted by molar-refractivity contribution is 6.33. The first kappa shape index (κ1) is 11.0. The van der Waals surface area contributed by atoms with Gasteiger partial charge in [-0.05, 0) is 0 Å². The van der Waals surface area contributed by atoms with Crippen molar-refractivity contribution in [2.75, 3.05) is 0 Å². The van der Waals surface area contributed by atoms with Crippen molar-refractivity contribution >= 4 is 17.4 Å². The van der Waals surface area contributed by atoms with Gasteiger partial charge in [-0.3, -0.25) is 9.48 Å². The van der Waals surface area contributed by atoms with E-state index in [2.05, 4.69) is 5.10 Å². The van der Waals surface area contributed by atoms with Gasteiger partial charge in [-0.1, -0.05) is 11.6 Å². The summed E-state index contributed by atoms with van der Waals surface area (Å²) < 4.78 is 36.6. The number of carbonyl (C=O) groups excluding carboxylic acids is 1. The van der Waals surface area contributed by atoms with Crippen LogP contribution in [0.15, 0.2) is 6.20 Å². The summed E-state index contributed by atoms with van der Waals surface area (Å²) in [5.41, 5.74) is -0.219. The Bertz CT molecular complexity index is 339. The molecule has 7 heteroatoms. The number of ketones is 1. The van der Waals surface area contributed by atoms with Gasteiger partial charge in [-0.25, -0.2) is 0 Å². The monoisotopic (exact) mass is 226 g/mol. The van der Waals surface area contributed by atoms with E-state index in [1.807, 2.05) is 0 Å². The Morgan fingerprint density at radius 2 is 2.21 bits per heavy atom. The molecular weight excluding hydrogens is 221 g/mol. The van der Waals surface area contributed by atoms with Crippen LogP contribution in [-0.4, -0.2) is 21.7 Å². The fourth-order valence-electron chi connectivity index (χ4n) is 0.990. The summed E-state index contributed by atoms with van der Waals surface area (Å²) in [7, 11) is 1.36. The first-order valence-electron chi connectivity index (χ1n) is 3.58. The highest BCUT2D eigenvalue weighted by atomic mass is 35.5. The second-order valence-corrected chi connectivity index (χ2v) is 3.09. The molecular formula is C7H6ClF3N2O. The van der Waals surface area contributed by atoms with Crippen LogP contribution in [-0.2, 0) is 7.05 Å². The van der Waals surface area contributed by atoms with Gasteiger partial charge in [0.05, 0.1) is 11.2 Å². The summed E-state index contributed by atoms with van der Waals surface area (Å²) in [5, 5.41) is 3.50. The van der Waals surface area contributed by atoms with Crippen molar-refractivity contribution < 1.29 is 18.0 Å². The van der Waals surface area contributed by atoms with Gasteiger partial charge < -0.3 is 0 Å². The number of alkyl halides is 3. The third-order valence-corrected chi connectivity index (χ3v) is 1.80. The molecule has 78 valence electrons. The fraction of sp³-hybridized carbons (Fsp3) is 0.429. The van der Waals surface area contributed by atoms with Gasteiger partial charge in [-0.2, -0.15) is 18.3 Å². The molecule has 1 rings (SSSR count). The lowest BCUT2D eigenvalue weighted by molar-refractivity contribution is -0.125. The number of hydrogen-bond acceptors (Lipinski definition) is 2. The Labute approximate surface area is 82.5 Å². The van der Waals surface area contributed by atoms with Crippen LogP contribution in [0, 0.1) is 0 Å². The molecule has 0 atom stereocenters. The molecule has 1 aromatic rings. The van der Waals surface area contributed by atoms with Crippen LogP contribution >= 0.6 is 11.6 Å². The standard InChI is InChI=1S/C7H6ClF3N2O/c1-13-6(4(8)3-12-13)5(14)2-7(9,10)11/h3H,2H2,1H3. The quantitative estimate of drug-likeness (QED) is 0.725. The highest BCUT2D eigenvalue weighted by Crippen LogP contribution is 2.24. The maximum atomic E-state index is 11.9. The molecule has 0 aliphatic heterocycles. The molecule has 0 fully saturated rings. The normalized spacial score (nSPS) is 11.8. The van der Waals surface area contributed by atoms with E-state index in [4.69, 9.17) is 11.6 Å². The SMILES string of the molecule is Cn1ncc(Cl)c1C(=O)CC(F)(F)F. The second-order valence-electron chi connectivity index (χ2n) is 2.68. The Morgan fingerprint density at radius 1 is 1.64 bits per heavy atom. The molecule has 14 heavy (non-hydrogen) atoms. The number of aromatic nitrogens is 2. The van der Waals surface area contributed by atoms with Crippen LogP contribution in [0.5, 0.6) is 0 Å². The van der Waals surface area contributed by atoms with E-state index < -0.39 is 18.4 Å². The van der Waals surface area contributed by atoms with Crippen molar-refractivity contribution in [3.63, 3.8) is 0 Å². The van der Waals surface area contributed by atoms with Gasteiger partial charge >= 0.3 is 6.18 Å². The maximum absolute atomic E-state index is 11.9. The first-order chi connectivity index (χ1) is 6.31. The predicted octanol–water partition coefficient (Wildman–Crippen LogP) is 2.21. The van der Waals surface area contributed by atoms with Crippen molar-refractivity contribution in [3.8, 4) is 0 Å². The minimum Gasteiger partial charge on any atom is -0.292 e. The topological polar surface area (TPSA) is 34.9 Å². The smallest absolute Gasteiger partial charge is 0.292 e. The van der Waals surface area contributed by atoms with Gasteiger partial charge in [0.1, 0.15) is 12.1 Å². The van der Waals surface area contributed by atoms with E-state index in [1.165, 1.54) is 7.05 Å². The van der Waals surface area contributed by atoms with Crippen molar-refractivity contribution in [3.05, 3.63) is 16.9 Å². The molecule has 0 saturated carbocycles. The molecule has 0 bridgehead atoms. The van der Waals surface area contributed by atoms with Crippen molar-refractivity contribution in [1.82, 2.24) is 9.78 Å². The van der Waals surface area contributed by atoms with Gasteiger partial charge in [-0.15, -0.1) is 0 Å². The zero-order chi connectivity index (χ0) is 10.9. The van der Waals surface area contributed by atoms with Crippen molar-refractivity contribution in [2.24, 2.45) is 7.05 Å². The van der Waals surface area contributed by atoms with Crippen LogP contribution in [0.2, 0.25) is 5.02 Å². The molecule has 0 spiro atoms. The molecule has 0 N–H and O–H groups in total. The Kier molecular flexibility index (Phi) is 2.84. The molecule has 0 amide bonds. The highest BCUT2D eigenvalue weighted by Gasteiger charge is 2.33. The molecule has 0 unspecified atom stereocenters. The van der Waals surface area contributed by atoms with Crippen LogP contribution in [0.3, 0.4) is 0 Å². The second kappa shape index (κ2) is 3.61. The lowest BCUT2D eigenvalue weighted by Crippen LogP contribution is -2.17. The minimum atomic E-state index is -4.52. The summed E-state index contributed by atoms with van der Waals surface area (Å²) in [6.07, 6.45) is -4.91. The molecule has 1 aromatic heterocycles. The predicted molar refractivity (Wildman–Crippen MR) is 43.2 cm³/mol. The van der Waals surface area contributed by atoms with E-state index in [1.54, 1.807) is 0 Å². The number of aryl methyl sites for hydroxylation is 1. The fourth-order valence-corrected chi connectivity index (χ4v) is 1.26. The molecule has 0 aliphatic carbocycles. The third-order valence-electron chi connectivity index (χ3n) is 1.52. The Balaban J connectivity index is 2.90. The zero-order valence-electron chi connectivity index (χ0n) is 7.10. The lowest BCUT2D eigenvalue weighted by Gasteiger charge is -2.05. The van der Waals surface area contributed by atoms with E-state index in [9.17, 15) is 18.0 Å². The Hall–Kier alpha value is -1.04. The maximum Gasteiger partial charge on any atom is 0.396 e. The Morgan fingerprint density at radius 3 is 2.57 bits per heavy atom. The number of Topliss-reactive ketones (excluding diaryl/α,β-unsaturated/α-hetero) is 1. The van der Waals surface area contributed by atoms with Crippen LogP contribution in [0.1, 0.15) is 16.9 Å². The number of hydrogen-bond donors (Lipinski definition) is 0. The third kappa shape index (κ3) is 2.47. The molecule has 0 saturated heterocycles. The van der Waals surface area contributed by atoms with Crippen molar-refractivity contribution in [2.45, 2.75) is 12.6 Å². The summed E-state index contributed by atoms with van der Waals surface area (Å²) in [6.45, 7) is 0. The number of rotatable bonds is 2. The number of carbonyl (C=O) groups is 1. The molecule has 3 nitrogen and oxygen atoms in total. The number of nitrogens with zero attached hydrogens (tertiary/aromatic N) is 2. The minimum absolute atomic E-state index is 0.0678. The lowest BCUT2D eigenvalue weighted by atomic mass is 10.2. The van der Waals surface area contributed by atoms with Gasteiger partial charge in [0.25, 0.3) is 0 Å². The van der Waals surface area contributed by atoms with E-state index in [-0.39, 0.29) is 10.7 Å². The van der Waals surface area contributed by atoms with Gasteiger partial charge in [0, 0.05) is 7.05 Å². The van der Waals surface area contributed by atoms with Gasteiger partial charge in [0.2, 0.25) is 0 Å². The zero-order valence-corrected chi connectivity index (χ0v) is 7.85. The summed E-state index contributed by atoms with van der Waals surface area (Å²) in [5.74, 6) is -1.08. The molecule has 1 heterocycles. The molecule has 0 aliphatic rings. The molecule has 0 radical (unpaired) electrons. The van der Waals surface area contributed by atoms with Crippen LogP contribution < -0.4 is 0 Å². The van der Waals surface area contributed by atoms with Crippen LogP contribution in [0.4, 0.5) is 13.2 Å². The van der Waals surface area contributed by atoms with Gasteiger partial charge in [0.15, 0.2) is 5.78 Å². The largest absolute Gasteiger partial charge is 0.396 e. The molecule has 0 aromatic carbocycles. The summed E-state index contributed by atoms with van der Waals surface area (Å²) >= 11 is 5.50. The first-order valence-corrected chi connectivity index (χ1v) is 3.96. The summed E-state index contributed by atoms with van der Waals surface area (Å²) in [6, 6.07) is 0. The van der Waals surface area contributed by atoms with Crippen molar-refractivity contribution in [1.29, 1.82) is 0 Å². The number of halogens is 4. The average molecular weight is 227 g/mol. The van der Waals surface area contributed by atoms with E-state index in [0.717, 1.165) is 10.9 Å². The summed E-state index contributed by atoms with van der Waals surface area (Å²) in [4.78, 5) is 11.1. The van der Waals surface area contributed by atoms with Crippen LogP contribution in [0.25, 0.3) is 0 Å². The average Bonchev–Trinajstić information content (AvgIpc) is 2.27.